The van der Waals surface area contributed by atoms with Crippen molar-refractivity contribution < 1.29 is 34.7 Å². The molecule has 0 amide bonds. The van der Waals surface area contributed by atoms with E-state index in [1.807, 2.05) is 6.07 Å². The molecule has 3 rings (SSSR count). The van der Waals surface area contributed by atoms with Crippen molar-refractivity contribution in [1.29, 1.82) is 5.26 Å². The van der Waals surface area contributed by atoms with Crippen molar-refractivity contribution in [3.8, 4) is 11.8 Å². The maximum Gasteiger partial charge on any atom is 0.195 e. The minimum Gasteiger partial charge on any atom is -0.482 e. The van der Waals surface area contributed by atoms with E-state index in [4.69, 9.17) is 19.8 Å². The van der Waals surface area contributed by atoms with Crippen LogP contribution in [0.25, 0.3) is 0 Å². The van der Waals surface area contributed by atoms with Crippen LogP contribution in [0.15, 0.2) is 48.5 Å². The number of ether oxygens (including phenoxy) is 2. The quantitative estimate of drug-likeness (QED) is 0.526. The Hall–Kier alpha value is -2.80. The van der Waals surface area contributed by atoms with E-state index in [0.717, 1.165) is 0 Å². The minimum atomic E-state index is -1.55. The summed E-state index contributed by atoms with van der Waals surface area (Å²) in [6, 6.07) is 14.2. The molecule has 8 nitrogen and oxygen atoms in total. The molecule has 0 saturated carbocycles. The van der Waals surface area contributed by atoms with Crippen molar-refractivity contribution in [3.63, 3.8) is 0 Å². The summed E-state index contributed by atoms with van der Waals surface area (Å²) in [6.45, 7) is -0.561. The van der Waals surface area contributed by atoms with E-state index in [1.54, 1.807) is 24.3 Å². The summed E-state index contributed by atoms with van der Waals surface area (Å²) in [5, 5.41) is 47.8. The molecule has 0 unspecified atom stereocenters. The Kier molecular flexibility index (Phi) is 6.04. The molecule has 2 aromatic carbocycles. The molecule has 4 N–H and O–H groups in total. The van der Waals surface area contributed by atoms with Crippen LogP contribution in [0, 0.1) is 11.3 Å². The second-order valence-corrected chi connectivity index (χ2v) is 6.35. The largest absolute Gasteiger partial charge is 0.482 e. The third-order valence-corrected chi connectivity index (χ3v) is 4.51. The molecule has 8 heteroatoms. The average Bonchev–Trinajstić information content (AvgIpc) is 2.73. The highest BCUT2D eigenvalue weighted by atomic mass is 16.7. The molecule has 1 saturated heterocycles. The van der Waals surface area contributed by atoms with E-state index in [2.05, 4.69) is 0 Å². The second kappa shape index (κ2) is 8.48. The number of hydrogen-bond donors (Lipinski definition) is 4. The third-order valence-electron chi connectivity index (χ3n) is 4.51. The summed E-state index contributed by atoms with van der Waals surface area (Å²) in [7, 11) is 0. The standard InChI is InChI=1S/C20H19NO7/c21-9-11-1-3-12(4-2-11)16(23)13-5-7-14(8-6-13)27-19-18(25)17(24)15(10-22)28-20(19)26/h1-8,15,17-20,22,24-26H,10H2/t15-,17-,18+,19-,20+/m1/s1. The molecular weight excluding hydrogens is 366 g/mol. The molecule has 28 heavy (non-hydrogen) atoms. The maximum absolute atomic E-state index is 12.5. The second-order valence-electron chi connectivity index (χ2n) is 6.35. The monoisotopic (exact) mass is 385 g/mol. The van der Waals surface area contributed by atoms with Gasteiger partial charge in [-0.1, -0.05) is 0 Å². The van der Waals surface area contributed by atoms with Gasteiger partial charge in [-0.05, 0) is 48.5 Å². The van der Waals surface area contributed by atoms with Gasteiger partial charge in [-0.15, -0.1) is 0 Å². The summed E-state index contributed by atoms with van der Waals surface area (Å²) in [4.78, 5) is 12.5. The number of benzene rings is 2. The first-order chi connectivity index (χ1) is 13.4. The highest BCUT2D eigenvalue weighted by Crippen LogP contribution is 2.25. The van der Waals surface area contributed by atoms with Crippen molar-refractivity contribution in [2.24, 2.45) is 0 Å². The number of ketones is 1. The normalized spacial score (nSPS) is 27.0. The van der Waals surface area contributed by atoms with Gasteiger partial charge in [0.15, 0.2) is 18.2 Å². The fourth-order valence-corrected chi connectivity index (χ4v) is 2.90. The first kappa shape index (κ1) is 19.9. The fourth-order valence-electron chi connectivity index (χ4n) is 2.90. The topological polar surface area (TPSA) is 140 Å². The molecule has 0 aromatic heterocycles. The number of aliphatic hydroxyl groups excluding tert-OH is 4. The smallest absolute Gasteiger partial charge is 0.195 e. The Morgan fingerprint density at radius 3 is 2.11 bits per heavy atom. The van der Waals surface area contributed by atoms with Crippen LogP contribution in [0.4, 0.5) is 0 Å². The van der Waals surface area contributed by atoms with Gasteiger partial charge in [0.1, 0.15) is 24.1 Å². The molecule has 0 spiro atoms. The highest BCUT2D eigenvalue weighted by Gasteiger charge is 2.45. The Morgan fingerprint density at radius 1 is 1.00 bits per heavy atom. The molecule has 146 valence electrons. The van der Waals surface area contributed by atoms with Crippen molar-refractivity contribution in [1.82, 2.24) is 0 Å². The molecule has 1 aliphatic heterocycles. The number of hydrogen-bond acceptors (Lipinski definition) is 8. The van der Waals surface area contributed by atoms with Crippen LogP contribution in [-0.4, -0.2) is 63.5 Å². The Labute approximate surface area is 160 Å². The van der Waals surface area contributed by atoms with Crippen LogP contribution in [-0.2, 0) is 4.74 Å². The number of aliphatic hydroxyl groups is 4. The minimum absolute atomic E-state index is 0.238. The number of carbonyl (C=O) groups is 1. The average molecular weight is 385 g/mol. The van der Waals surface area contributed by atoms with E-state index in [0.29, 0.717) is 16.7 Å². The Morgan fingerprint density at radius 2 is 1.57 bits per heavy atom. The lowest BCUT2D eigenvalue weighted by Gasteiger charge is -2.39. The van der Waals surface area contributed by atoms with Crippen molar-refractivity contribution in [2.75, 3.05) is 6.61 Å². The number of nitrogens with zero attached hydrogens (tertiary/aromatic N) is 1. The number of rotatable bonds is 5. The molecule has 1 aliphatic rings. The molecule has 0 aliphatic carbocycles. The van der Waals surface area contributed by atoms with Crippen molar-refractivity contribution in [2.45, 2.75) is 30.7 Å². The van der Waals surface area contributed by atoms with E-state index >= 15 is 0 Å². The van der Waals surface area contributed by atoms with Gasteiger partial charge in [0.25, 0.3) is 0 Å². The van der Waals surface area contributed by atoms with Crippen LogP contribution in [0.3, 0.4) is 0 Å². The summed E-state index contributed by atoms with van der Waals surface area (Å²) < 4.78 is 10.5. The van der Waals surface area contributed by atoms with Crippen molar-refractivity contribution in [3.05, 3.63) is 65.2 Å². The lowest BCUT2D eigenvalue weighted by atomic mass is 9.99. The predicted molar refractivity (Wildman–Crippen MR) is 95.4 cm³/mol. The van der Waals surface area contributed by atoms with Gasteiger partial charge in [0, 0.05) is 11.1 Å². The van der Waals surface area contributed by atoms with Gasteiger partial charge in [0.2, 0.25) is 0 Å². The predicted octanol–water partition coefficient (Wildman–Crippen LogP) is -0.0320. The van der Waals surface area contributed by atoms with Gasteiger partial charge in [-0.3, -0.25) is 4.79 Å². The fraction of sp³-hybridized carbons (Fsp3) is 0.300. The molecule has 0 radical (unpaired) electrons. The third kappa shape index (κ3) is 4.04. The molecule has 1 fully saturated rings. The van der Waals surface area contributed by atoms with E-state index in [1.165, 1.54) is 24.3 Å². The first-order valence-corrected chi connectivity index (χ1v) is 8.56. The van der Waals surface area contributed by atoms with Gasteiger partial charge in [-0.25, -0.2) is 0 Å². The zero-order valence-corrected chi connectivity index (χ0v) is 14.7. The summed E-state index contributed by atoms with van der Waals surface area (Å²) in [5.74, 6) is 0.0102. The van der Waals surface area contributed by atoms with Gasteiger partial charge >= 0.3 is 0 Å². The lowest BCUT2D eigenvalue weighted by molar-refractivity contribution is -0.280. The van der Waals surface area contributed by atoms with Crippen LogP contribution in [0.1, 0.15) is 21.5 Å². The van der Waals surface area contributed by atoms with Gasteiger partial charge in [0.05, 0.1) is 18.2 Å². The van der Waals surface area contributed by atoms with E-state index < -0.39 is 37.3 Å². The molecule has 0 bridgehead atoms. The van der Waals surface area contributed by atoms with Crippen molar-refractivity contribution >= 4 is 5.78 Å². The SMILES string of the molecule is N#Cc1ccc(C(=O)c2ccc(O[C@@H]3[C@@H](O)[C@H](O)[C@@H](CO)O[C@@H]3O)cc2)cc1. The van der Waals surface area contributed by atoms with E-state index in [-0.39, 0.29) is 11.5 Å². The van der Waals surface area contributed by atoms with Gasteiger partial charge in [-0.2, -0.15) is 5.26 Å². The lowest BCUT2D eigenvalue weighted by Crippen LogP contribution is -2.60. The Bertz CT molecular complexity index is 860. The Balaban J connectivity index is 1.70. The maximum atomic E-state index is 12.5. The summed E-state index contributed by atoms with van der Waals surface area (Å²) >= 11 is 0. The number of carbonyl (C=O) groups excluding carboxylic acids is 1. The molecular formula is C20H19NO7. The van der Waals surface area contributed by atoms with E-state index in [9.17, 15) is 20.1 Å². The molecule has 2 aromatic rings. The van der Waals surface area contributed by atoms with Crippen LogP contribution < -0.4 is 4.74 Å². The molecule has 1 heterocycles. The first-order valence-electron chi connectivity index (χ1n) is 8.56. The summed E-state index contributed by atoms with van der Waals surface area (Å²) in [5.41, 5.74) is 1.27. The summed E-state index contributed by atoms with van der Waals surface area (Å²) in [6.07, 6.45) is -6.82. The highest BCUT2D eigenvalue weighted by molar-refractivity contribution is 6.09. The zero-order chi connectivity index (χ0) is 20.3. The molecule has 5 atom stereocenters. The van der Waals surface area contributed by atoms with Crippen LogP contribution in [0.5, 0.6) is 5.75 Å². The van der Waals surface area contributed by atoms with Gasteiger partial charge < -0.3 is 29.9 Å². The van der Waals surface area contributed by atoms with Crippen LogP contribution >= 0.6 is 0 Å². The number of nitriles is 1. The zero-order valence-electron chi connectivity index (χ0n) is 14.7. The van der Waals surface area contributed by atoms with Crippen LogP contribution in [0.2, 0.25) is 0 Å².